The Balaban J connectivity index is 0.948. The van der Waals surface area contributed by atoms with Gasteiger partial charge in [0.25, 0.3) is 0 Å². The molecule has 0 fully saturated rings. The van der Waals surface area contributed by atoms with E-state index in [0.29, 0.717) is 0 Å². The minimum absolute atomic E-state index is 0.832. The summed E-state index contributed by atoms with van der Waals surface area (Å²) in [7, 11) is 0. The average molecular weight is 744 g/mol. The fourth-order valence-electron chi connectivity index (χ4n) is 9.12. The standard InChI is InChI=1S/C51H29N5O2/c1-3-11-41-35(8-1)50-43(13-6-24-53-50)55(41)32-17-21-47-39(28-32)37-26-30(15-19-45(37)57-47)34-10-5-23-52-49(34)31-16-20-46-38(27-31)40-29-33(18-22-48(40)58-46)56-42-12-4-2-9-36(42)51-44(56)14-7-25-54-51/h1-29H. The fourth-order valence-corrected chi connectivity index (χ4v) is 9.12. The number of hydrogen-bond acceptors (Lipinski definition) is 5. The van der Waals surface area contributed by atoms with E-state index in [-0.39, 0.29) is 0 Å². The van der Waals surface area contributed by atoms with Crippen LogP contribution in [0.2, 0.25) is 0 Å². The molecule has 0 unspecified atom stereocenters. The summed E-state index contributed by atoms with van der Waals surface area (Å²) in [6.45, 7) is 0. The van der Waals surface area contributed by atoms with Gasteiger partial charge in [0.05, 0.1) is 38.8 Å². The lowest BCUT2D eigenvalue weighted by atomic mass is 9.97. The third-order valence-electron chi connectivity index (χ3n) is 11.7. The van der Waals surface area contributed by atoms with E-state index < -0.39 is 0 Å². The normalized spacial score (nSPS) is 12.1. The number of pyridine rings is 3. The van der Waals surface area contributed by atoms with Crippen molar-refractivity contribution in [2.75, 3.05) is 0 Å². The molecule has 6 aromatic carbocycles. The molecule has 7 heterocycles. The van der Waals surface area contributed by atoms with E-state index in [9.17, 15) is 0 Å². The zero-order valence-corrected chi connectivity index (χ0v) is 30.8. The molecular formula is C51H29N5O2. The summed E-state index contributed by atoms with van der Waals surface area (Å²) in [5.41, 5.74) is 15.8. The third-order valence-corrected chi connectivity index (χ3v) is 11.7. The van der Waals surface area contributed by atoms with Gasteiger partial charge in [0, 0.05) is 73.4 Å². The second kappa shape index (κ2) is 11.7. The maximum absolute atomic E-state index is 6.42. The van der Waals surface area contributed by atoms with Crippen LogP contribution >= 0.6 is 0 Å². The van der Waals surface area contributed by atoms with Crippen molar-refractivity contribution in [1.82, 2.24) is 24.1 Å². The number of para-hydroxylation sites is 2. The predicted octanol–water partition coefficient (Wildman–Crippen LogP) is 13.2. The smallest absolute Gasteiger partial charge is 0.135 e. The average Bonchev–Trinajstić information content (AvgIpc) is 4.03. The van der Waals surface area contributed by atoms with Gasteiger partial charge >= 0.3 is 0 Å². The molecule has 270 valence electrons. The number of aromatic nitrogens is 5. The largest absolute Gasteiger partial charge is 0.456 e. The van der Waals surface area contributed by atoms with E-state index in [0.717, 1.165) is 122 Å². The molecule has 0 radical (unpaired) electrons. The summed E-state index contributed by atoms with van der Waals surface area (Å²) in [6.07, 6.45) is 5.58. The lowest BCUT2D eigenvalue weighted by Crippen LogP contribution is -1.93. The van der Waals surface area contributed by atoms with Crippen molar-refractivity contribution < 1.29 is 8.83 Å². The Bertz CT molecular complexity index is 3470. The lowest BCUT2D eigenvalue weighted by Gasteiger charge is -2.10. The molecule has 7 heteroatoms. The molecule has 0 bridgehead atoms. The van der Waals surface area contributed by atoms with Crippen molar-refractivity contribution in [3.8, 4) is 33.8 Å². The van der Waals surface area contributed by atoms with Gasteiger partial charge in [-0.15, -0.1) is 0 Å². The zero-order valence-electron chi connectivity index (χ0n) is 30.8. The zero-order chi connectivity index (χ0) is 37.9. The topological polar surface area (TPSA) is 74.8 Å². The molecule has 7 aromatic heterocycles. The van der Waals surface area contributed by atoms with Crippen LogP contribution in [0, 0.1) is 0 Å². The molecule has 0 amide bonds. The molecule has 58 heavy (non-hydrogen) atoms. The van der Waals surface area contributed by atoms with Crippen LogP contribution < -0.4 is 0 Å². The van der Waals surface area contributed by atoms with Gasteiger partial charge in [-0.2, -0.15) is 0 Å². The van der Waals surface area contributed by atoms with E-state index in [1.807, 2.05) is 36.8 Å². The first-order chi connectivity index (χ1) is 28.7. The van der Waals surface area contributed by atoms with Gasteiger partial charge in [-0.3, -0.25) is 15.0 Å². The molecule has 13 rings (SSSR count). The van der Waals surface area contributed by atoms with E-state index >= 15 is 0 Å². The van der Waals surface area contributed by atoms with Crippen molar-refractivity contribution in [3.63, 3.8) is 0 Å². The summed E-state index contributed by atoms with van der Waals surface area (Å²) in [4.78, 5) is 14.5. The summed E-state index contributed by atoms with van der Waals surface area (Å²) >= 11 is 0. The first-order valence-electron chi connectivity index (χ1n) is 19.3. The van der Waals surface area contributed by atoms with Crippen LogP contribution in [0.1, 0.15) is 0 Å². The molecule has 0 saturated heterocycles. The first-order valence-corrected chi connectivity index (χ1v) is 19.3. The van der Waals surface area contributed by atoms with Crippen LogP contribution in [0.25, 0.3) is 122 Å². The minimum Gasteiger partial charge on any atom is -0.456 e. The van der Waals surface area contributed by atoms with Crippen LogP contribution in [0.3, 0.4) is 0 Å². The quantitative estimate of drug-likeness (QED) is 0.179. The second-order valence-corrected chi connectivity index (χ2v) is 14.8. The maximum atomic E-state index is 6.42. The van der Waals surface area contributed by atoms with Crippen LogP contribution in [0.15, 0.2) is 185 Å². The van der Waals surface area contributed by atoms with E-state index in [4.69, 9.17) is 23.8 Å². The molecule has 0 aliphatic carbocycles. The number of rotatable bonds is 4. The summed E-state index contributed by atoms with van der Waals surface area (Å²) in [5.74, 6) is 0. The SMILES string of the molecule is c1cnc(-c2ccc3oc4ccc(-n5c6ccccc6c6ncccc65)cc4c3c2)c(-c2ccc3oc4ccc(-n5c6ccccc6c6ncccc65)cc4c3c2)c1. The third kappa shape index (κ3) is 4.41. The number of fused-ring (bicyclic) bond motifs is 12. The number of nitrogens with zero attached hydrogens (tertiary/aromatic N) is 5. The van der Waals surface area contributed by atoms with Crippen molar-refractivity contribution in [1.29, 1.82) is 0 Å². The van der Waals surface area contributed by atoms with E-state index in [2.05, 4.69) is 149 Å². The lowest BCUT2D eigenvalue weighted by molar-refractivity contribution is 0.668. The maximum Gasteiger partial charge on any atom is 0.135 e. The first kappa shape index (κ1) is 31.2. The monoisotopic (exact) mass is 743 g/mol. The Kier molecular flexibility index (Phi) is 6.32. The van der Waals surface area contributed by atoms with Gasteiger partial charge in [0.1, 0.15) is 22.3 Å². The summed E-state index contributed by atoms with van der Waals surface area (Å²) in [5, 5.41) is 6.44. The molecule has 0 saturated carbocycles. The van der Waals surface area contributed by atoms with Gasteiger partial charge in [0.2, 0.25) is 0 Å². The van der Waals surface area contributed by atoms with Gasteiger partial charge < -0.3 is 18.0 Å². The van der Waals surface area contributed by atoms with Crippen molar-refractivity contribution >= 4 is 87.7 Å². The molecule has 0 spiro atoms. The summed E-state index contributed by atoms with van der Waals surface area (Å²) < 4.78 is 17.4. The van der Waals surface area contributed by atoms with Crippen LogP contribution in [-0.2, 0) is 0 Å². The number of hydrogen-bond donors (Lipinski definition) is 0. The van der Waals surface area contributed by atoms with Crippen molar-refractivity contribution in [2.45, 2.75) is 0 Å². The van der Waals surface area contributed by atoms with Gasteiger partial charge in [-0.1, -0.05) is 48.5 Å². The molecule has 0 N–H and O–H groups in total. The Morgan fingerprint density at radius 1 is 0.345 bits per heavy atom. The number of benzene rings is 6. The van der Waals surface area contributed by atoms with Crippen LogP contribution in [0.5, 0.6) is 0 Å². The van der Waals surface area contributed by atoms with Crippen LogP contribution in [0.4, 0.5) is 0 Å². The Hall–Kier alpha value is -8.03. The summed E-state index contributed by atoms with van der Waals surface area (Å²) in [6, 6.07) is 55.0. The van der Waals surface area contributed by atoms with Crippen molar-refractivity contribution in [2.24, 2.45) is 0 Å². The van der Waals surface area contributed by atoms with E-state index in [1.165, 1.54) is 0 Å². The van der Waals surface area contributed by atoms with Gasteiger partial charge in [-0.05, 0) is 115 Å². The van der Waals surface area contributed by atoms with Gasteiger partial charge in [-0.25, -0.2) is 0 Å². The highest BCUT2D eigenvalue weighted by Gasteiger charge is 2.19. The van der Waals surface area contributed by atoms with E-state index in [1.54, 1.807) is 0 Å². The molecular weight excluding hydrogens is 715 g/mol. The molecule has 13 aromatic rings. The minimum atomic E-state index is 0.832. The molecule has 0 aliphatic rings. The molecule has 7 nitrogen and oxygen atoms in total. The Morgan fingerprint density at radius 2 is 0.793 bits per heavy atom. The predicted molar refractivity (Wildman–Crippen MR) is 234 cm³/mol. The van der Waals surface area contributed by atoms with Gasteiger partial charge in [0.15, 0.2) is 0 Å². The Labute approximate surface area is 329 Å². The molecule has 0 atom stereocenters. The highest BCUT2D eigenvalue weighted by Crippen LogP contribution is 2.40. The second-order valence-electron chi connectivity index (χ2n) is 14.8. The van der Waals surface area contributed by atoms with Crippen LogP contribution in [-0.4, -0.2) is 24.1 Å². The van der Waals surface area contributed by atoms with Crippen molar-refractivity contribution in [3.05, 3.63) is 176 Å². The highest BCUT2D eigenvalue weighted by molar-refractivity contribution is 6.12. The highest BCUT2D eigenvalue weighted by atomic mass is 16.3. The molecule has 0 aliphatic heterocycles. The Morgan fingerprint density at radius 3 is 1.38 bits per heavy atom. The number of furan rings is 2. The fraction of sp³-hybridized carbons (Fsp3) is 0.